The molecule has 2 aliphatic rings. The molecule has 6 rings (SSSR count). The Bertz CT molecular complexity index is 1510. The highest BCUT2D eigenvalue weighted by atomic mass is 16.4. The number of hydrogen-bond donors (Lipinski definition) is 3. The zero-order chi connectivity index (χ0) is 25.0. The number of hydrogen-bond acceptors (Lipinski definition) is 5. The first-order valence-electron chi connectivity index (χ1n) is 11.9. The summed E-state index contributed by atoms with van der Waals surface area (Å²) in [5.41, 5.74) is 2.33. The fourth-order valence-corrected chi connectivity index (χ4v) is 5.22. The van der Waals surface area contributed by atoms with Gasteiger partial charge < -0.3 is 20.1 Å². The highest BCUT2D eigenvalue weighted by Gasteiger charge is 2.50. The maximum absolute atomic E-state index is 13.7. The van der Waals surface area contributed by atoms with Gasteiger partial charge in [0.25, 0.3) is 5.91 Å². The number of imidazole rings is 1. The van der Waals surface area contributed by atoms with E-state index in [2.05, 4.69) is 14.9 Å². The van der Waals surface area contributed by atoms with E-state index in [-0.39, 0.29) is 11.9 Å². The highest BCUT2D eigenvalue weighted by molar-refractivity contribution is 6.12. The molecule has 2 amide bonds. The summed E-state index contributed by atoms with van der Waals surface area (Å²) < 4.78 is 0. The topological polar surface area (TPSA) is 113 Å². The van der Waals surface area contributed by atoms with Gasteiger partial charge in [-0.1, -0.05) is 30.3 Å². The average molecular weight is 484 g/mol. The summed E-state index contributed by atoms with van der Waals surface area (Å²) in [6.07, 6.45) is 1.11. The average Bonchev–Trinajstić information content (AvgIpc) is 3.62. The fourth-order valence-electron chi connectivity index (χ4n) is 5.22. The molecule has 0 aliphatic carbocycles. The number of carbonyl (C=O) groups is 2. The van der Waals surface area contributed by atoms with E-state index in [0.29, 0.717) is 33.4 Å². The second-order valence-corrected chi connectivity index (χ2v) is 9.21. The Hall–Kier alpha value is -4.37. The van der Waals surface area contributed by atoms with E-state index in [1.165, 1.54) is 11.9 Å². The summed E-state index contributed by atoms with van der Waals surface area (Å²) in [5, 5.41) is 21.7. The number of nitrogens with one attached hydrogen (secondary N) is 1. The summed E-state index contributed by atoms with van der Waals surface area (Å²) in [4.78, 5) is 37.1. The predicted molar refractivity (Wildman–Crippen MR) is 137 cm³/mol. The third-order valence-corrected chi connectivity index (χ3v) is 7.10. The molecule has 0 saturated carbocycles. The molecule has 1 unspecified atom stereocenters. The Morgan fingerprint density at radius 3 is 2.56 bits per heavy atom. The Morgan fingerprint density at radius 2 is 1.78 bits per heavy atom. The standard InChI is InChI=1S/C27H25N5O4/c1-30(26(34)35)25-28-22-12-11-17(15-23(22)29-25)27(36)21-10-3-2-9-20(21)24(33)32(27)19-8-6-7-18(16-19)31-13-4-5-14-31/h2-3,6-12,15-16,36H,4-5,13-14H2,1H3,(H,28,29)(H,34,35). The van der Waals surface area contributed by atoms with Crippen LogP contribution in [0.2, 0.25) is 0 Å². The van der Waals surface area contributed by atoms with Crippen molar-refractivity contribution in [3.05, 3.63) is 83.4 Å². The number of anilines is 3. The zero-order valence-corrected chi connectivity index (χ0v) is 19.7. The third-order valence-electron chi connectivity index (χ3n) is 7.10. The second kappa shape index (κ2) is 8.10. The van der Waals surface area contributed by atoms with Crippen molar-refractivity contribution in [3.63, 3.8) is 0 Å². The van der Waals surface area contributed by atoms with Crippen LogP contribution in [0.4, 0.5) is 22.1 Å². The van der Waals surface area contributed by atoms with Crippen molar-refractivity contribution in [1.29, 1.82) is 0 Å². The molecule has 2 aliphatic heterocycles. The first kappa shape index (κ1) is 22.1. The van der Waals surface area contributed by atoms with Crippen molar-refractivity contribution in [3.8, 4) is 0 Å². The van der Waals surface area contributed by atoms with Crippen LogP contribution in [-0.2, 0) is 5.72 Å². The molecule has 9 nitrogen and oxygen atoms in total. The van der Waals surface area contributed by atoms with Crippen molar-refractivity contribution >= 4 is 40.4 Å². The summed E-state index contributed by atoms with van der Waals surface area (Å²) in [5.74, 6) is -0.123. The van der Waals surface area contributed by atoms with Crippen LogP contribution < -0.4 is 14.7 Å². The summed E-state index contributed by atoms with van der Waals surface area (Å²) in [6, 6.07) is 19.9. The minimum atomic E-state index is -1.77. The number of carbonyl (C=O) groups excluding carboxylic acids is 1. The van der Waals surface area contributed by atoms with Gasteiger partial charge in [-0.05, 0) is 49.2 Å². The van der Waals surface area contributed by atoms with Gasteiger partial charge >= 0.3 is 6.09 Å². The lowest BCUT2D eigenvalue weighted by Crippen LogP contribution is -2.45. The SMILES string of the molecule is CN(C(=O)O)c1nc2ccc(C3(O)c4ccccc4C(=O)N3c3cccc(N4CCCC4)c3)cc2[nH]1. The zero-order valence-electron chi connectivity index (χ0n) is 19.7. The van der Waals surface area contributed by atoms with Gasteiger partial charge in [-0.15, -0.1) is 0 Å². The fraction of sp³-hybridized carbons (Fsp3) is 0.222. The molecular weight excluding hydrogens is 458 g/mol. The van der Waals surface area contributed by atoms with Gasteiger partial charge in [0.1, 0.15) is 0 Å². The Morgan fingerprint density at radius 1 is 1.03 bits per heavy atom. The van der Waals surface area contributed by atoms with E-state index in [4.69, 9.17) is 0 Å². The minimum absolute atomic E-state index is 0.166. The van der Waals surface area contributed by atoms with E-state index in [1.54, 1.807) is 42.5 Å². The van der Waals surface area contributed by atoms with Crippen LogP contribution >= 0.6 is 0 Å². The number of aromatic nitrogens is 2. The number of aromatic amines is 1. The lowest BCUT2D eigenvalue weighted by Gasteiger charge is -2.35. The summed E-state index contributed by atoms with van der Waals surface area (Å²) in [7, 11) is 1.40. The summed E-state index contributed by atoms with van der Waals surface area (Å²) in [6.45, 7) is 1.93. The molecule has 0 spiro atoms. The highest BCUT2D eigenvalue weighted by Crippen LogP contribution is 2.46. The van der Waals surface area contributed by atoms with Crippen LogP contribution in [0.15, 0.2) is 66.7 Å². The second-order valence-electron chi connectivity index (χ2n) is 9.21. The van der Waals surface area contributed by atoms with E-state index in [9.17, 15) is 19.8 Å². The van der Waals surface area contributed by atoms with Gasteiger partial charge in [0, 0.05) is 48.2 Å². The van der Waals surface area contributed by atoms with Gasteiger partial charge in [-0.25, -0.2) is 9.78 Å². The number of fused-ring (bicyclic) bond motifs is 2. The lowest BCUT2D eigenvalue weighted by atomic mass is 9.93. The monoisotopic (exact) mass is 483 g/mol. The maximum Gasteiger partial charge on any atom is 0.413 e. The molecule has 3 aromatic carbocycles. The molecule has 36 heavy (non-hydrogen) atoms. The van der Waals surface area contributed by atoms with Crippen LogP contribution in [-0.4, -0.2) is 52.3 Å². The Balaban J connectivity index is 1.50. The van der Waals surface area contributed by atoms with Crippen molar-refractivity contribution < 1.29 is 19.8 Å². The summed E-state index contributed by atoms with van der Waals surface area (Å²) >= 11 is 0. The maximum atomic E-state index is 13.7. The molecule has 182 valence electrons. The van der Waals surface area contributed by atoms with Gasteiger partial charge in [-0.2, -0.15) is 0 Å². The third kappa shape index (κ3) is 3.24. The van der Waals surface area contributed by atoms with Gasteiger partial charge in [0.05, 0.1) is 11.0 Å². The van der Waals surface area contributed by atoms with Crippen molar-refractivity contribution in [2.24, 2.45) is 0 Å². The molecule has 3 heterocycles. The lowest BCUT2D eigenvalue weighted by molar-refractivity contribution is 0.0704. The van der Waals surface area contributed by atoms with Gasteiger partial charge in [0.2, 0.25) is 5.95 Å². The van der Waals surface area contributed by atoms with Crippen LogP contribution in [0.1, 0.15) is 34.3 Å². The number of H-pyrrole nitrogens is 1. The molecule has 0 radical (unpaired) electrons. The van der Waals surface area contributed by atoms with Crippen LogP contribution in [0.5, 0.6) is 0 Å². The molecule has 1 saturated heterocycles. The number of benzene rings is 3. The number of nitrogens with zero attached hydrogens (tertiary/aromatic N) is 4. The van der Waals surface area contributed by atoms with Crippen LogP contribution in [0.25, 0.3) is 11.0 Å². The van der Waals surface area contributed by atoms with Crippen LogP contribution in [0, 0.1) is 0 Å². The predicted octanol–water partition coefficient (Wildman–Crippen LogP) is 4.13. The van der Waals surface area contributed by atoms with Crippen molar-refractivity contribution in [2.45, 2.75) is 18.6 Å². The first-order valence-corrected chi connectivity index (χ1v) is 11.9. The molecule has 1 aromatic heterocycles. The Labute approximate surface area is 207 Å². The molecule has 4 aromatic rings. The van der Waals surface area contributed by atoms with Gasteiger partial charge in [0.15, 0.2) is 5.72 Å². The smallest absolute Gasteiger partial charge is 0.413 e. The quantitative estimate of drug-likeness (QED) is 0.402. The van der Waals surface area contributed by atoms with E-state index < -0.39 is 11.8 Å². The molecule has 1 atom stereocenters. The number of carboxylic acid groups (broad SMARTS) is 1. The van der Waals surface area contributed by atoms with E-state index in [0.717, 1.165) is 36.5 Å². The first-order chi connectivity index (χ1) is 17.4. The van der Waals surface area contributed by atoms with Crippen LogP contribution in [0.3, 0.4) is 0 Å². The molecule has 3 N–H and O–H groups in total. The number of aliphatic hydroxyl groups is 1. The largest absolute Gasteiger partial charge is 0.465 e. The van der Waals surface area contributed by atoms with E-state index in [1.807, 2.05) is 24.3 Å². The minimum Gasteiger partial charge on any atom is -0.465 e. The van der Waals surface area contributed by atoms with E-state index >= 15 is 0 Å². The number of amides is 2. The van der Waals surface area contributed by atoms with Crippen molar-refractivity contribution in [2.75, 3.05) is 34.8 Å². The van der Waals surface area contributed by atoms with Gasteiger partial charge in [-0.3, -0.25) is 14.6 Å². The Kier molecular flexibility index (Phi) is 4.97. The molecule has 1 fully saturated rings. The molecule has 0 bridgehead atoms. The van der Waals surface area contributed by atoms with Crippen molar-refractivity contribution in [1.82, 2.24) is 9.97 Å². The normalized spacial score (nSPS) is 19.2. The molecular formula is C27H25N5O4. The number of rotatable bonds is 4. The molecule has 9 heteroatoms.